The maximum absolute atomic E-state index is 13.6. The number of carbonyl (C=O) groups excluding carboxylic acids is 3. The molecule has 3 aromatic rings. The molecular formula is C33H28O17. The number of rotatable bonds is 14. The Morgan fingerprint density at radius 2 is 0.840 bits per heavy atom. The Balaban J connectivity index is 2.25. The highest BCUT2D eigenvalue weighted by Gasteiger charge is 2.73. The van der Waals surface area contributed by atoms with Gasteiger partial charge in [0.1, 0.15) is 6.10 Å². The second-order valence-electron chi connectivity index (χ2n) is 10.6. The predicted octanol–water partition coefficient (Wildman–Crippen LogP) is -0.209. The number of hydrogen-bond donors (Lipinski definition) is 12. The van der Waals surface area contributed by atoms with E-state index in [0.29, 0.717) is 12.2 Å². The molecule has 3 aromatic carbocycles. The quantitative estimate of drug-likeness (QED) is 0.0589. The van der Waals surface area contributed by atoms with Crippen LogP contribution in [0.15, 0.2) is 72.8 Å². The maximum Gasteiger partial charge on any atom is 0.347 e. The van der Waals surface area contributed by atoms with Gasteiger partial charge in [0.15, 0.2) is 40.3 Å². The van der Waals surface area contributed by atoms with E-state index in [4.69, 9.17) is 0 Å². The highest BCUT2D eigenvalue weighted by Crippen LogP contribution is 2.37. The number of hydrogen-bond acceptors (Lipinski definition) is 15. The second-order valence-corrected chi connectivity index (χ2v) is 10.6. The third-order valence-electron chi connectivity index (χ3n) is 7.37. The summed E-state index contributed by atoms with van der Waals surface area (Å²) in [6.45, 7) is 0. The number of carboxylic acid groups (broad SMARTS) is 2. The van der Waals surface area contributed by atoms with Gasteiger partial charge in [-0.1, -0.05) is 36.4 Å². The van der Waals surface area contributed by atoms with Gasteiger partial charge in [-0.2, -0.15) is 0 Å². The molecule has 0 unspecified atom stereocenters. The molecule has 12 N–H and O–H groups in total. The second kappa shape index (κ2) is 14.3. The van der Waals surface area contributed by atoms with Gasteiger partial charge in [0, 0.05) is 0 Å². The van der Waals surface area contributed by atoms with Gasteiger partial charge in [-0.3, -0.25) is 14.4 Å². The molecule has 0 aromatic heterocycles. The minimum Gasteiger partial charge on any atom is -0.504 e. The molecule has 17 heteroatoms. The Hall–Kier alpha value is -6.53. The molecule has 3 rings (SSSR count). The van der Waals surface area contributed by atoms with Crippen molar-refractivity contribution in [3.8, 4) is 34.5 Å². The molecule has 0 fully saturated rings. The van der Waals surface area contributed by atoms with Gasteiger partial charge in [0.2, 0.25) is 17.2 Å². The molecule has 0 aliphatic heterocycles. The number of benzene rings is 3. The van der Waals surface area contributed by atoms with E-state index in [1.807, 2.05) is 0 Å². The van der Waals surface area contributed by atoms with Crippen LogP contribution in [0.3, 0.4) is 0 Å². The van der Waals surface area contributed by atoms with Crippen molar-refractivity contribution in [2.45, 2.75) is 22.9 Å². The van der Waals surface area contributed by atoms with E-state index in [1.165, 1.54) is 0 Å². The van der Waals surface area contributed by atoms with Crippen LogP contribution in [-0.4, -0.2) is 113 Å². The lowest BCUT2D eigenvalue weighted by atomic mass is 9.67. The molecule has 0 aliphatic carbocycles. The average molecular weight is 697 g/mol. The van der Waals surface area contributed by atoms with Gasteiger partial charge in [-0.05, 0) is 71.3 Å². The zero-order valence-corrected chi connectivity index (χ0v) is 25.1. The largest absolute Gasteiger partial charge is 0.504 e. The van der Waals surface area contributed by atoms with Crippen LogP contribution in [0.1, 0.15) is 16.7 Å². The van der Waals surface area contributed by atoms with Gasteiger partial charge in [0.05, 0.1) is 0 Å². The molecule has 50 heavy (non-hydrogen) atoms. The van der Waals surface area contributed by atoms with E-state index < -0.39 is 86.7 Å². The number of phenols is 6. The minimum absolute atomic E-state index is 0.120. The van der Waals surface area contributed by atoms with E-state index in [9.17, 15) is 85.3 Å². The smallest absolute Gasteiger partial charge is 0.347 e. The van der Waals surface area contributed by atoms with E-state index in [1.54, 1.807) is 0 Å². The molecule has 262 valence electrons. The Bertz CT molecular complexity index is 1960. The fourth-order valence-corrected chi connectivity index (χ4v) is 4.45. The molecule has 0 radical (unpaired) electrons. The van der Waals surface area contributed by atoms with E-state index in [-0.39, 0.29) is 34.9 Å². The fraction of sp³-hybridized carbons (Fsp3) is 0.121. The SMILES string of the molecule is O=C(O)[C@](O)(C(=O)C=Cc1ccc(O)c(O)c1)[C@@H](O)[C@](O)(C(=O)C=Cc1ccc(O)c(O)c1)[C@](O)(C(=O)O)C(=O)C=Cc1ccc(O)c(O)c1. The molecule has 4 atom stereocenters. The zero-order chi connectivity index (χ0) is 37.8. The molecule has 0 spiro atoms. The number of phenolic OH excluding ortho intramolecular Hbond substituents is 6. The predicted molar refractivity (Wildman–Crippen MR) is 168 cm³/mol. The summed E-state index contributed by atoms with van der Waals surface area (Å²) >= 11 is 0. The summed E-state index contributed by atoms with van der Waals surface area (Å²) in [4.78, 5) is 65.1. The van der Waals surface area contributed by atoms with Crippen molar-refractivity contribution >= 4 is 47.5 Å². The van der Waals surface area contributed by atoms with Crippen LogP contribution < -0.4 is 0 Å². The number of aliphatic carboxylic acids is 2. The molecule has 0 heterocycles. The van der Waals surface area contributed by atoms with Crippen LogP contribution >= 0.6 is 0 Å². The van der Waals surface area contributed by atoms with Gasteiger partial charge >= 0.3 is 11.9 Å². The number of carboxylic acids is 2. The third-order valence-corrected chi connectivity index (χ3v) is 7.37. The first-order valence-electron chi connectivity index (χ1n) is 13.8. The summed E-state index contributed by atoms with van der Waals surface area (Å²) in [5.74, 6) is -15.9. The topological polar surface area (TPSA) is 328 Å². The lowest BCUT2D eigenvalue weighted by Gasteiger charge is -2.43. The summed E-state index contributed by atoms with van der Waals surface area (Å²) in [6.07, 6.45) is -1.12. The fourth-order valence-electron chi connectivity index (χ4n) is 4.45. The van der Waals surface area contributed by atoms with Gasteiger partial charge in [-0.25, -0.2) is 9.59 Å². The summed E-state index contributed by atoms with van der Waals surface area (Å²) < 4.78 is 0. The molecule has 0 saturated carbocycles. The van der Waals surface area contributed by atoms with Crippen LogP contribution in [0.25, 0.3) is 18.2 Å². The maximum atomic E-state index is 13.6. The summed E-state index contributed by atoms with van der Waals surface area (Å²) in [7, 11) is 0. The average Bonchev–Trinajstić information content (AvgIpc) is 3.07. The summed E-state index contributed by atoms with van der Waals surface area (Å²) in [5.41, 5.74) is -14.1. The molecule has 0 saturated heterocycles. The Labute approximate surface area is 279 Å². The highest BCUT2D eigenvalue weighted by atomic mass is 16.5. The Morgan fingerprint density at radius 3 is 1.16 bits per heavy atom. The van der Waals surface area contributed by atoms with Crippen LogP contribution in [0.4, 0.5) is 0 Å². The lowest BCUT2D eigenvalue weighted by Crippen LogP contribution is -2.78. The lowest BCUT2D eigenvalue weighted by molar-refractivity contribution is -0.234. The Kier molecular flexibility index (Phi) is 10.8. The summed E-state index contributed by atoms with van der Waals surface area (Å²) in [5, 5.41) is 123. The minimum atomic E-state index is -4.65. The number of ketones is 3. The first-order valence-corrected chi connectivity index (χ1v) is 13.8. The molecule has 0 bridgehead atoms. The molecule has 0 aliphatic rings. The van der Waals surface area contributed by atoms with Crippen molar-refractivity contribution in [2.24, 2.45) is 0 Å². The van der Waals surface area contributed by atoms with Crippen LogP contribution in [0.5, 0.6) is 34.5 Å². The zero-order valence-electron chi connectivity index (χ0n) is 25.1. The first-order chi connectivity index (χ1) is 23.2. The third kappa shape index (κ3) is 7.00. The van der Waals surface area contributed by atoms with E-state index >= 15 is 0 Å². The van der Waals surface area contributed by atoms with Crippen LogP contribution in [0.2, 0.25) is 0 Å². The van der Waals surface area contributed by atoms with Crippen LogP contribution in [0, 0.1) is 0 Å². The number of aromatic hydroxyl groups is 6. The van der Waals surface area contributed by atoms with Gasteiger partial charge < -0.3 is 61.3 Å². The molecule has 17 nitrogen and oxygen atoms in total. The monoisotopic (exact) mass is 696 g/mol. The number of aliphatic hydroxyl groups excluding tert-OH is 1. The van der Waals surface area contributed by atoms with Crippen molar-refractivity contribution in [1.29, 1.82) is 0 Å². The van der Waals surface area contributed by atoms with Crippen molar-refractivity contribution in [3.05, 3.63) is 89.5 Å². The van der Waals surface area contributed by atoms with Crippen molar-refractivity contribution in [2.75, 3.05) is 0 Å². The van der Waals surface area contributed by atoms with Crippen molar-refractivity contribution < 1.29 is 85.3 Å². The van der Waals surface area contributed by atoms with Crippen molar-refractivity contribution in [1.82, 2.24) is 0 Å². The Morgan fingerprint density at radius 1 is 0.500 bits per heavy atom. The molecule has 0 amide bonds. The first kappa shape index (κ1) is 37.9. The van der Waals surface area contributed by atoms with E-state index in [0.717, 1.165) is 60.7 Å². The van der Waals surface area contributed by atoms with Crippen molar-refractivity contribution in [3.63, 3.8) is 0 Å². The van der Waals surface area contributed by atoms with E-state index in [2.05, 4.69) is 0 Å². The van der Waals surface area contributed by atoms with Gasteiger partial charge in [-0.15, -0.1) is 0 Å². The number of carbonyl (C=O) groups is 5. The standard InChI is InChI=1S/C33H28O17/c34-19-7-1-16(13-22(19)37)4-10-25(40)31(48,29(44)45)28(43)32(49,26(41)11-5-17-2-8-20(35)23(38)14-17)33(50,30(46)47)27(42)12-6-18-3-9-21(36)24(39)15-18/h1-15,28,34-39,43,48-50H,(H,44,45)(H,46,47)/t28-,31+,32-,33-/m1/s1. The molecular weight excluding hydrogens is 668 g/mol. The normalized spacial score (nSPS) is 16.0. The van der Waals surface area contributed by atoms with Gasteiger partial charge in [0.25, 0.3) is 11.2 Å². The summed E-state index contributed by atoms with van der Waals surface area (Å²) in [6, 6.07) is 8.57. The number of aliphatic hydroxyl groups is 4. The van der Waals surface area contributed by atoms with Crippen LogP contribution in [-0.2, 0) is 24.0 Å². The highest BCUT2D eigenvalue weighted by molar-refractivity contribution is 6.22.